The van der Waals surface area contributed by atoms with Crippen molar-refractivity contribution in [2.75, 3.05) is 6.61 Å². The summed E-state index contributed by atoms with van der Waals surface area (Å²) in [5.41, 5.74) is 0.246. The van der Waals surface area contributed by atoms with Crippen LogP contribution in [0.15, 0.2) is 30.3 Å². The van der Waals surface area contributed by atoms with E-state index in [1.165, 1.54) is 6.92 Å². The lowest BCUT2D eigenvalue weighted by Crippen LogP contribution is -2.49. The first-order valence-electron chi connectivity index (χ1n) is 8.16. The number of rotatable bonds is 6. The Balaban J connectivity index is 2.51. The molecule has 142 valence electrons. The van der Waals surface area contributed by atoms with Crippen molar-refractivity contribution in [1.29, 1.82) is 0 Å². The van der Waals surface area contributed by atoms with Gasteiger partial charge in [0, 0.05) is 12.5 Å². The molecule has 0 fully saturated rings. The first kappa shape index (κ1) is 21.1. The number of carbonyl (C=O) groups is 4. The van der Waals surface area contributed by atoms with Gasteiger partial charge in [-0.25, -0.2) is 4.79 Å². The second-order valence-electron chi connectivity index (χ2n) is 6.78. The van der Waals surface area contributed by atoms with Crippen LogP contribution in [0.3, 0.4) is 0 Å². The first-order valence-corrected chi connectivity index (χ1v) is 8.16. The summed E-state index contributed by atoms with van der Waals surface area (Å²) in [4.78, 5) is 46.5. The van der Waals surface area contributed by atoms with Gasteiger partial charge in [-0.1, -0.05) is 30.3 Å². The zero-order valence-corrected chi connectivity index (χ0v) is 15.4. The van der Waals surface area contributed by atoms with Crippen molar-refractivity contribution < 1.29 is 23.9 Å². The van der Waals surface area contributed by atoms with Crippen LogP contribution in [0.4, 0.5) is 4.79 Å². The van der Waals surface area contributed by atoms with Crippen molar-refractivity contribution in [3.05, 3.63) is 35.9 Å². The third-order valence-corrected chi connectivity index (χ3v) is 3.06. The Kier molecular flexibility index (Phi) is 7.77. The molecule has 0 saturated carbocycles. The number of imide groups is 1. The molecule has 0 aliphatic rings. The van der Waals surface area contributed by atoms with Crippen molar-refractivity contribution in [3.8, 4) is 0 Å². The molecule has 8 nitrogen and oxygen atoms in total. The minimum atomic E-state index is -0.740. The lowest BCUT2D eigenvalue weighted by molar-refractivity contribution is -0.149. The van der Waals surface area contributed by atoms with Gasteiger partial charge in [0.15, 0.2) is 6.61 Å². The highest BCUT2D eigenvalue weighted by Gasteiger charge is 2.20. The van der Waals surface area contributed by atoms with Gasteiger partial charge in [0.25, 0.3) is 5.91 Å². The smallest absolute Gasteiger partial charge is 0.321 e. The Morgan fingerprint density at radius 3 is 2.23 bits per heavy atom. The van der Waals surface area contributed by atoms with E-state index in [9.17, 15) is 19.2 Å². The summed E-state index contributed by atoms with van der Waals surface area (Å²) in [6, 6.07) is 7.72. The number of esters is 1. The van der Waals surface area contributed by atoms with Gasteiger partial charge in [0.05, 0.1) is 12.5 Å². The number of hydrogen-bond donors (Lipinski definition) is 3. The van der Waals surface area contributed by atoms with Crippen molar-refractivity contribution in [3.63, 3.8) is 0 Å². The maximum Gasteiger partial charge on any atom is 0.321 e. The highest BCUT2D eigenvalue weighted by Crippen LogP contribution is 2.17. The second-order valence-corrected chi connectivity index (χ2v) is 6.78. The van der Waals surface area contributed by atoms with E-state index in [0.29, 0.717) is 0 Å². The van der Waals surface area contributed by atoms with Crippen LogP contribution in [0.2, 0.25) is 0 Å². The lowest BCUT2D eigenvalue weighted by Gasteiger charge is -2.20. The number of nitrogens with one attached hydrogen (secondary N) is 3. The SMILES string of the molecule is CC(=O)N[C@@H](CC(=O)OCC(=O)NC(=O)NC(C)(C)C)c1ccccc1. The Hall–Kier alpha value is -2.90. The van der Waals surface area contributed by atoms with Crippen LogP contribution in [0.5, 0.6) is 0 Å². The van der Waals surface area contributed by atoms with E-state index in [1.807, 2.05) is 6.07 Å². The molecule has 1 aromatic rings. The first-order chi connectivity index (χ1) is 12.1. The monoisotopic (exact) mass is 363 g/mol. The molecule has 0 aromatic heterocycles. The number of urea groups is 1. The summed E-state index contributed by atoms with van der Waals surface area (Å²) in [6.45, 7) is 6.06. The minimum Gasteiger partial charge on any atom is -0.455 e. The van der Waals surface area contributed by atoms with Crippen molar-refractivity contribution in [2.45, 2.75) is 45.7 Å². The molecule has 0 aliphatic carbocycles. The fraction of sp³-hybridized carbons (Fsp3) is 0.444. The van der Waals surface area contributed by atoms with E-state index in [2.05, 4.69) is 16.0 Å². The van der Waals surface area contributed by atoms with Gasteiger partial charge < -0.3 is 15.4 Å². The van der Waals surface area contributed by atoms with Crippen molar-refractivity contribution >= 4 is 23.8 Å². The number of hydrogen-bond acceptors (Lipinski definition) is 5. The van der Waals surface area contributed by atoms with Crippen LogP contribution in [-0.4, -0.2) is 36.0 Å². The molecule has 1 atom stereocenters. The molecule has 0 unspecified atom stereocenters. The maximum absolute atomic E-state index is 12.0. The fourth-order valence-electron chi connectivity index (χ4n) is 2.09. The zero-order chi connectivity index (χ0) is 19.7. The summed E-state index contributed by atoms with van der Waals surface area (Å²) in [5.74, 6) is -1.70. The fourth-order valence-corrected chi connectivity index (χ4v) is 2.09. The Labute approximate surface area is 152 Å². The average Bonchev–Trinajstić information content (AvgIpc) is 2.51. The van der Waals surface area contributed by atoms with Gasteiger partial charge in [0.1, 0.15) is 0 Å². The molecule has 0 aliphatic heterocycles. The highest BCUT2D eigenvalue weighted by atomic mass is 16.5. The zero-order valence-electron chi connectivity index (χ0n) is 15.4. The standard InChI is InChI=1S/C18H25N3O5/c1-12(22)19-14(13-8-6-5-7-9-13)10-16(24)26-11-15(23)20-17(25)21-18(2,3)4/h5-9,14H,10-11H2,1-4H3,(H,19,22)(H2,20,21,23,25)/t14-/m0/s1. The quantitative estimate of drug-likeness (QED) is 0.662. The third kappa shape index (κ3) is 8.81. The second kappa shape index (κ2) is 9.55. The molecule has 1 rings (SSSR count). The third-order valence-electron chi connectivity index (χ3n) is 3.06. The number of ether oxygens (including phenoxy) is 1. The molecular weight excluding hydrogens is 338 g/mol. The van der Waals surface area contributed by atoms with Crippen molar-refractivity contribution in [2.24, 2.45) is 0 Å². The molecule has 1 aromatic carbocycles. The van der Waals surface area contributed by atoms with Gasteiger partial charge >= 0.3 is 12.0 Å². The van der Waals surface area contributed by atoms with Gasteiger partial charge in [-0.15, -0.1) is 0 Å². The van der Waals surface area contributed by atoms with Crippen molar-refractivity contribution in [1.82, 2.24) is 16.0 Å². The van der Waals surface area contributed by atoms with Gasteiger partial charge in [-0.2, -0.15) is 0 Å². The van der Waals surface area contributed by atoms with E-state index < -0.39 is 36.1 Å². The largest absolute Gasteiger partial charge is 0.455 e. The van der Waals surface area contributed by atoms with E-state index in [1.54, 1.807) is 45.0 Å². The predicted molar refractivity (Wildman–Crippen MR) is 95.0 cm³/mol. The van der Waals surface area contributed by atoms with E-state index in [4.69, 9.17) is 4.74 Å². The Morgan fingerprint density at radius 1 is 1.08 bits per heavy atom. The lowest BCUT2D eigenvalue weighted by atomic mass is 10.0. The number of carbonyl (C=O) groups excluding carboxylic acids is 4. The minimum absolute atomic E-state index is 0.134. The topological polar surface area (TPSA) is 114 Å². The van der Waals surface area contributed by atoms with Crippen LogP contribution in [0.25, 0.3) is 0 Å². The normalized spacial score (nSPS) is 11.8. The predicted octanol–water partition coefficient (Wildman–Crippen LogP) is 1.42. The van der Waals surface area contributed by atoms with Crippen LogP contribution in [0.1, 0.15) is 45.7 Å². The molecule has 8 heteroatoms. The van der Waals surface area contributed by atoms with E-state index in [-0.39, 0.29) is 12.3 Å². The molecule has 0 radical (unpaired) electrons. The summed E-state index contributed by atoms with van der Waals surface area (Å²) < 4.78 is 4.89. The van der Waals surface area contributed by atoms with Gasteiger partial charge in [0.2, 0.25) is 5.91 Å². The molecule has 4 amide bonds. The molecular formula is C18H25N3O5. The Bertz CT molecular complexity index is 653. The van der Waals surface area contributed by atoms with Crippen LogP contribution < -0.4 is 16.0 Å². The number of amides is 4. The highest BCUT2D eigenvalue weighted by molar-refractivity contribution is 5.95. The molecule has 3 N–H and O–H groups in total. The molecule has 0 saturated heterocycles. The van der Waals surface area contributed by atoms with Crippen LogP contribution in [0, 0.1) is 0 Å². The summed E-state index contributed by atoms with van der Waals surface area (Å²) in [5, 5.41) is 7.30. The van der Waals surface area contributed by atoms with E-state index >= 15 is 0 Å². The maximum atomic E-state index is 12.0. The average molecular weight is 363 g/mol. The Morgan fingerprint density at radius 2 is 1.69 bits per heavy atom. The van der Waals surface area contributed by atoms with Crippen LogP contribution in [-0.2, 0) is 19.1 Å². The summed E-state index contributed by atoms with van der Waals surface area (Å²) in [7, 11) is 0. The summed E-state index contributed by atoms with van der Waals surface area (Å²) >= 11 is 0. The molecule has 0 bridgehead atoms. The summed E-state index contributed by atoms with van der Waals surface area (Å²) in [6.07, 6.45) is -0.134. The van der Waals surface area contributed by atoms with Gasteiger partial charge in [-0.05, 0) is 26.3 Å². The number of benzene rings is 1. The molecule has 0 heterocycles. The molecule has 26 heavy (non-hydrogen) atoms. The van der Waals surface area contributed by atoms with Crippen LogP contribution >= 0.6 is 0 Å². The van der Waals surface area contributed by atoms with Gasteiger partial charge in [-0.3, -0.25) is 19.7 Å². The van der Waals surface area contributed by atoms with E-state index in [0.717, 1.165) is 5.56 Å². The molecule has 0 spiro atoms.